The molecule has 1 N–H and O–H groups in total. The number of halogens is 1. The highest BCUT2D eigenvalue weighted by Gasteiger charge is 2.11. The van der Waals surface area contributed by atoms with Crippen molar-refractivity contribution in [1.82, 2.24) is 14.3 Å². The number of benzene rings is 2. The summed E-state index contributed by atoms with van der Waals surface area (Å²) in [5, 5.41) is 0.585. The molecular formula is C17H16ClN3O2S. The first kappa shape index (κ1) is 16.7. The minimum absolute atomic E-state index is 0.0721. The van der Waals surface area contributed by atoms with Crippen molar-refractivity contribution < 1.29 is 8.42 Å². The molecule has 0 spiro atoms. The smallest absolute Gasteiger partial charge is 0.216 e. The minimum Gasteiger partial charge on any atom is -0.306 e. The maximum atomic E-state index is 12.2. The highest BCUT2D eigenvalue weighted by molar-refractivity contribution is 7.88. The third kappa shape index (κ3) is 4.44. The van der Waals surface area contributed by atoms with Crippen LogP contribution >= 0.6 is 11.6 Å². The zero-order chi connectivity index (χ0) is 17.0. The van der Waals surface area contributed by atoms with E-state index in [0.717, 1.165) is 11.3 Å². The first-order valence-electron chi connectivity index (χ1n) is 7.31. The number of sulfonamides is 1. The average molecular weight is 362 g/mol. The summed E-state index contributed by atoms with van der Waals surface area (Å²) in [4.78, 5) is 4.00. The van der Waals surface area contributed by atoms with Gasteiger partial charge in [0.2, 0.25) is 10.0 Å². The van der Waals surface area contributed by atoms with Crippen molar-refractivity contribution in [3.8, 4) is 5.69 Å². The third-order valence-electron chi connectivity index (χ3n) is 3.51. The van der Waals surface area contributed by atoms with E-state index in [1.54, 1.807) is 36.8 Å². The van der Waals surface area contributed by atoms with Crippen LogP contribution in [0.15, 0.2) is 67.3 Å². The van der Waals surface area contributed by atoms with Gasteiger partial charge in [-0.05, 0) is 35.4 Å². The SMILES string of the molecule is O=S(=O)(Cc1ccc(Cl)cc1)NCc1ccc(-n2ccnc2)cc1. The molecule has 24 heavy (non-hydrogen) atoms. The van der Waals surface area contributed by atoms with Gasteiger partial charge in [-0.25, -0.2) is 18.1 Å². The highest BCUT2D eigenvalue weighted by atomic mass is 35.5. The summed E-state index contributed by atoms with van der Waals surface area (Å²) in [5.74, 6) is -0.0721. The molecule has 2 aromatic carbocycles. The molecule has 3 rings (SSSR count). The van der Waals surface area contributed by atoms with E-state index in [9.17, 15) is 8.42 Å². The van der Waals surface area contributed by atoms with E-state index in [4.69, 9.17) is 11.6 Å². The monoisotopic (exact) mass is 361 g/mol. The predicted molar refractivity (Wildman–Crippen MR) is 94.5 cm³/mol. The normalized spacial score (nSPS) is 11.5. The zero-order valence-electron chi connectivity index (χ0n) is 12.8. The second-order valence-electron chi connectivity index (χ2n) is 5.34. The lowest BCUT2D eigenvalue weighted by Gasteiger charge is -2.08. The Labute approximate surface area is 146 Å². The molecular weight excluding hydrogens is 346 g/mol. The van der Waals surface area contributed by atoms with Crippen molar-refractivity contribution in [3.05, 3.63) is 83.4 Å². The quantitative estimate of drug-likeness (QED) is 0.733. The summed E-state index contributed by atoms with van der Waals surface area (Å²) < 4.78 is 28.8. The number of nitrogens with zero attached hydrogens (tertiary/aromatic N) is 2. The molecule has 0 unspecified atom stereocenters. The van der Waals surface area contributed by atoms with Gasteiger partial charge in [0.25, 0.3) is 0 Å². The number of hydrogen-bond donors (Lipinski definition) is 1. The second kappa shape index (κ2) is 7.17. The van der Waals surface area contributed by atoms with Crippen molar-refractivity contribution in [2.24, 2.45) is 0 Å². The summed E-state index contributed by atoms with van der Waals surface area (Å²) in [6, 6.07) is 14.4. The van der Waals surface area contributed by atoms with E-state index in [1.165, 1.54) is 0 Å². The summed E-state index contributed by atoms with van der Waals surface area (Å²) in [6.45, 7) is 0.250. The van der Waals surface area contributed by atoms with Crippen LogP contribution in [0.3, 0.4) is 0 Å². The fourth-order valence-electron chi connectivity index (χ4n) is 2.24. The minimum atomic E-state index is -3.41. The van der Waals surface area contributed by atoms with Gasteiger partial charge in [-0.15, -0.1) is 0 Å². The number of nitrogens with one attached hydrogen (secondary N) is 1. The van der Waals surface area contributed by atoms with Gasteiger partial charge in [0.15, 0.2) is 0 Å². The Bertz CT molecular complexity index is 890. The van der Waals surface area contributed by atoms with Crippen molar-refractivity contribution in [3.63, 3.8) is 0 Å². The fraction of sp³-hybridized carbons (Fsp3) is 0.118. The molecule has 0 aliphatic carbocycles. The van der Waals surface area contributed by atoms with Gasteiger partial charge in [-0.3, -0.25) is 0 Å². The van der Waals surface area contributed by atoms with Gasteiger partial charge in [-0.1, -0.05) is 35.9 Å². The lowest BCUT2D eigenvalue weighted by Crippen LogP contribution is -2.24. The van der Waals surface area contributed by atoms with Crippen LogP contribution in [-0.4, -0.2) is 18.0 Å². The number of rotatable bonds is 6. The van der Waals surface area contributed by atoms with Crippen LogP contribution in [-0.2, 0) is 22.3 Å². The molecule has 0 amide bonds. The van der Waals surface area contributed by atoms with Crippen LogP contribution in [0.4, 0.5) is 0 Å². The summed E-state index contributed by atoms with van der Waals surface area (Å²) in [7, 11) is -3.41. The maximum absolute atomic E-state index is 12.2. The second-order valence-corrected chi connectivity index (χ2v) is 7.59. The molecule has 0 bridgehead atoms. The zero-order valence-corrected chi connectivity index (χ0v) is 14.3. The van der Waals surface area contributed by atoms with E-state index in [-0.39, 0.29) is 12.3 Å². The van der Waals surface area contributed by atoms with Crippen molar-refractivity contribution in [2.45, 2.75) is 12.3 Å². The van der Waals surface area contributed by atoms with Crippen LogP contribution in [0.1, 0.15) is 11.1 Å². The van der Waals surface area contributed by atoms with Crippen LogP contribution in [0.2, 0.25) is 5.02 Å². The van der Waals surface area contributed by atoms with E-state index in [1.807, 2.05) is 35.0 Å². The highest BCUT2D eigenvalue weighted by Crippen LogP contribution is 2.13. The summed E-state index contributed by atoms with van der Waals surface area (Å²) in [6.07, 6.45) is 5.27. The van der Waals surface area contributed by atoms with E-state index in [0.29, 0.717) is 10.6 Å². The lowest BCUT2D eigenvalue weighted by atomic mass is 10.2. The molecule has 5 nitrogen and oxygen atoms in total. The Morgan fingerprint density at radius 1 is 1.00 bits per heavy atom. The van der Waals surface area contributed by atoms with Crippen LogP contribution in [0.25, 0.3) is 5.69 Å². The molecule has 1 aromatic heterocycles. The molecule has 124 valence electrons. The molecule has 0 saturated carbocycles. The summed E-state index contributed by atoms with van der Waals surface area (Å²) >= 11 is 5.80. The van der Waals surface area contributed by atoms with Crippen LogP contribution in [0, 0.1) is 0 Å². The van der Waals surface area contributed by atoms with Gasteiger partial charge in [0.05, 0.1) is 12.1 Å². The Balaban J connectivity index is 1.61. The molecule has 3 aromatic rings. The largest absolute Gasteiger partial charge is 0.306 e. The van der Waals surface area contributed by atoms with Gasteiger partial charge >= 0.3 is 0 Å². The molecule has 1 heterocycles. The standard InChI is InChI=1S/C17H16ClN3O2S/c18-16-5-1-15(2-6-16)12-24(22,23)20-11-14-3-7-17(8-4-14)21-10-9-19-13-21/h1-10,13,20H,11-12H2. The Morgan fingerprint density at radius 2 is 1.67 bits per heavy atom. The van der Waals surface area contributed by atoms with Crippen molar-refractivity contribution in [2.75, 3.05) is 0 Å². The maximum Gasteiger partial charge on any atom is 0.216 e. The number of imidazole rings is 1. The Morgan fingerprint density at radius 3 is 2.29 bits per heavy atom. The number of aromatic nitrogens is 2. The van der Waals surface area contributed by atoms with Gasteiger partial charge in [0, 0.05) is 29.6 Å². The average Bonchev–Trinajstić information content (AvgIpc) is 3.10. The van der Waals surface area contributed by atoms with Crippen LogP contribution in [0.5, 0.6) is 0 Å². The molecule has 0 atom stereocenters. The number of hydrogen-bond acceptors (Lipinski definition) is 3. The molecule has 0 aliphatic rings. The summed E-state index contributed by atoms with van der Waals surface area (Å²) in [5.41, 5.74) is 2.56. The van der Waals surface area contributed by atoms with Gasteiger partial charge in [-0.2, -0.15) is 0 Å². The predicted octanol–water partition coefficient (Wildman–Crippen LogP) is 3.15. The topological polar surface area (TPSA) is 64.0 Å². The van der Waals surface area contributed by atoms with E-state index >= 15 is 0 Å². The molecule has 0 aliphatic heterocycles. The molecule has 0 saturated heterocycles. The molecule has 0 fully saturated rings. The first-order valence-corrected chi connectivity index (χ1v) is 9.34. The fourth-order valence-corrected chi connectivity index (χ4v) is 3.49. The van der Waals surface area contributed by atoms with Gasteiger partial charge in [0.1, 0.15) is 0 Å². The van der Waals surface area contributed by atoms with E-state index in [2.05, 4.69) is 9.71 Å². The van der Waals surface area contributed by atoms with E-state index < -0.39 is 10.0 Å². The first-order chi connectivity index (χ1) is 11.5. The molecule has 7 heteroatoms. The van der Waals surface area contributed by atoms with Gasteiger partial charge < -0.3 is 4.57 Å². The molecule has 0 radical (unpaired) electrons. The Hall–Kier alpha value is -2.15. The van der Waals surface area contributed by atoms with Crippen molar-refractivity contribution in [1.29, 1.82) is 0 Å². The van der Waals surface area contributed by atoms with Crippen molar-refractivity contribution >= 4 is 21.6 Å². The third-order valence-corrected chi connectivity index (χ3v) is 5.05. The lowest BCUT2D eigenvalue weighted by molar-refractivity contribution is 0.580. The van der Waals surface area contributed by atoms with Crippen LogP contribution < -0.4 is 4.72 Å². The Kier molecular flexibility index (Phi) is 4.99.